The summed E-state index contributed by atoms with van der Waals surface area (Å²) in [5.41, 5.74) is 5.91. The lowest BCUT2D eigenvalue weighted by atomic mass is 10.2. The molecule has 0 aliphatic carbocycles. The van der Waals surface area contributed by atoms with Crippen LogP contribution < -0.4 is 5.73 Å². The molecule has 0 aromatic carbocycles. The number of rotatable bonds is 1. The molecule has 0 bridgehead atoms. The molecule has 0 amide bonds. The largest absolute Gasteiger partial charge is 0.381 e. The lowest BCUT2D eigenvalue weighted by Gasteiger charge is -1.96. The second kappa shape index (κ2) is 7.09. The van der Waals surface area contributed by atoms with Crippen LogP contribution in [0.3, 0.4) is 0 Å². The molecule has 7 heteroatoms. The van der Waals surface area contributed by atoms with Crippen LogP contribution in [-0.2, 0) is 6.42 Å². The molecule has 0 atom stereocenters. The van der Waals surface area contributed by atoms with Crippen molar-refractivity contribution in [1.82, 2.24) is 9.97 Å². The molecule has 0 aliphatic heterocycles. The molecule has 0 aliphatic rings. The summed E-state index contributed by atoms with van der Waals surface area (Å²) in [6, 6.07) is 3.77. The van der Waals surface area contributed by atoms with Gasteiger partial charge < -0.3 is 5.73 Å². The SMILES string of the molecule is CCc1ncc(F)cc1C#N.Nc1ncc(F)cc1F. The first-order chi connectivity index (χ1) is 9.47. The van der Waals surface area contributed by atoms with E-state index in [0.29, 0.717) is 23.7 Å². The van der Waals surface area contributed by atoms with Gasteiger partial charge in [0.25, 0.3) is 0 Å². The van der Waals surface area contributed by atoms with E-state index in [1.807, 2.05) is 13.0 Å². The molecule has 2 rings (SSSR count). The first-order valence-corrected chi connectivity index (χ1v) is 5.59. The highest BCUT2D eigenvalue weighted by Gasteiger charge is 2.01. The number of aryl methyl sites for hydroxylation is 1. The molecule has 2 aromatic heterocycles. The molecular weight excluding hydrogens is 269 g/mol. The first kappa shape index (κ1) is 15.4. The summed E-state index contributed by atoms with van der Waals surface area (Å²) >= 11 is 0. The number of halogens is 3. The lowest BCUT2D eigenvalue weighted by Crippen LogP contribution is -1.94. The summed E-state index contributed by atoms with van der Waals surface area (Å²) in [6.45, 7) is 1.88. The highest BCUT2D eigenvalue weighted by Crippen LogP contribution is 2.07. The zero-order valence-corrected chi connectivity index (χ0v) is 10.6. The standard InChI is InChI=1S/C8H7FN2.C5H4F2N2/c1-2-8-6(4-10)3-7(9)5-11-8;6-3-1-4(7)5(8)9-2-3/h3,5H,2H2,1H3;1-2H,(H2,8,9). The number of hydrogen-bond donors (Lipinski definition) is 1. The molecule has 0 saturated heterocycles. The second-order valence-electron chi connectivity index (χ2n) is 3.63. The van der Waals surface area contributed by atoms with Crippen LogP contribution in [0.1, 0.15) is 18.2 Å². The summed E-state index contributed by atoms with van der Waals surface area (Å²) in [4.78, 5) is 6.98. The van der Waals surface area contributed by atoms with Crippen molar-refractivity contribution in [3.63, 3.8) is 0 Å². The molecule has 20 heavy (non-hydrogen) atoms. The Morgan fingerprint density at radius 1 is 1.15 bits per heavy atom. The highest BCUT2D eigenvalue weighted by molar-refractivity contribution is 5.32. The molecule has 0 radical (unpaired) electrons. The van der Waals surface area contributed by atoms with Gasteiger partial charge in [0.05, 0.1) is 23.7 Å². The van der Waals surface area contributed by atoms with E-state index in [0.717, 1.165) is 12.4 Å². The molecular formula is C13H11F3N4. The number of pyridine rings is 2. The Morgan fingerprint density at radius 2 is 1.75 bits per heavy atom. The molecule has 0 spiro atoms. The van der Waals surface area contributed by atoms with E-state index < -0.39 is 17.5 Å². The fraction of sp³-hybridized carbons (Fsp3) is 0.154. The van der Waals surface area contributed by atoms with E-state index in [1.165, 1.54) is 6.07 Å². The van der Waals surface area contributed by atoms with Gasteiger partial charge >= 0.3 is 0 Å². The quantitative estimate of drug-likeness (QED) is 0.871. The predicted octanol–water partition coefficient (Wildman–Crippen LogP) is 2.60. The van der Waals surface area contributed by atoms with Gasteiger partial charge in [-0.05, 0) is 12.5 Å². The lowest BCUT2D eigenvalue weighted by molar-refractivity contribution is 0.577. The molecule has 2 N–H and O–H groups in total. The molecule has 0 unspecified atom stereocenters. The summed E-state index contributed by atoms with van der Waals surface area (Å²) in [5, 5.41) is 8.52. The molecule has 2 aromatic rings. The van der Waals surface area contributed by atoms with Gasteiger partial charge in [-0.15, -0.1) is 0 Å². The van der Waals surface area contributed by atoms with Gasteiger partial charge in [-0.3, -0.25) is 4.98 Å². The van der Waals surface area contributed by atoms with Crippen LogP contribution in [0.25, 0.3) is 0 Å². The topological polar surface area (TPSA) is 75.6 Å². The third kappa shape index (κ3) is 4.24. The number of nitrogen functional groups attached to an aromatic ring is 1. The van der Waals surface area contributed by atoms with Crippen molar-refractivity contribution in [2.75, 3.05) is 5.73 Å². The maximum absolute atomic E-state index is 12.5. The van der Waals surface area contributed by atoms with Gasteiger partial charge in [-0.25, -0.2) is 18.2 Å². The van der Waals surface area contributed by atoms with E-state index in [1.54, 1.807) is 0 Å². The average Bonchev–Trinajstić information content (AvgIpc) is 2.44. The number of nitrogens with two attached hydrogens (primary N) is 1. The van der Waals surface area contributed by atoms with E-state index in [2.05, 4.69) is 9.97 Å². The third-order valence-electron chi connectivity index (χ3n) is 2.23. The Labute approximate surface area is 113 Å². The number of nitriles is 1. The van der Waals surface area contributed by atoms with Gasteiger partial charge in [0, 0.05) is 6.07 Å². The van der Waals surface area contributed by atoms with Gasteiger partial charge in [0.1, 0.15) is 17.7 Å². The second-order valence-corrected chi connectivity index (χ2v) is 3.63. The molecule has 2 heterocycles. The number of anilines is 1. The van der Waals surface area contributed by atoms with Crippen LogP contribution in [0.4, 0.5) is 19.0 Å². The summed E-state index contributed by atoms with van der Waals surface area (Å²) in [7, 11) is 0. The fourth-order valence-electron chi connectivity index (χ4n) is 1.27. The van der Waals surface area contributed by atoms with Gasteiger partial charge in [-0.1, -0.05) is 6.92 Å². The van der Waals surface area contributed by atoms with Crippen LogP contribution >= 0.6 is 0 Å². The number of aromatic nitrogens is 2. The highest BCUT2D eigenvalue weighted by atomic mass is 19.1. The van der Waals surface area contributed by atoms with Crippen LogP contribution in [0.2, 0.25) is 0 Å². The Kier molecular flexibility index (Phi) is 5.47. The smallest absolute Gasteiger partial charge is 0.168 e. The van der Waals surface area contributed by atoms with E-state index in [-0.39, 0.29) is 5.82 Å². The Morgan fingerprint density at radius 3 is 2.25 bits per heavy atom. The minimum Gasteiger partial charge on any atom is -0.381 e. The van der Waals surface area contributed by atoms with E-state index in [9.17, 15) is 13.2 Å². The van der Waals surface area contributed by atoms with E-state index >= 15 is 0 Å². The zero-order valence-electron chi connectivity index (χ0n) is 10.6. The van der Waals surface area contributed by atoms with Gasteiger partial charge in [0.15, 0.2) is 11.6 Å². The van der Waals surface area contributed by atoms with Crippen molar-refractivity contribution < 1.29 is 13.2 Å². The molecule has 104 valence electrons. The van der Waals surface area contributed by atoms with Crippen molar-refractivity contribution in [2.45, 2.75) is 13.3 Å². The average molecular weight is 280 g/mol. The van der Waals surface area contributed by atoms with Gasteiger partial charge in [-0.2, -0.15) is 5.26 Å². The normalized spacial score (nSPS) is 9.35. The minimum atomic E-state index is -0.824. The van der Waals surface area contributed by atoms with Crippen LogP contribution in [-0.4, -0.2) is 9.97 Å². The maximum atomic E-state index is 12.5. The summed E-state index contributed by atoms with van der Waals surface area (Å²) in [5.74, 6) is -2.29. The molecule has 0 fully saturated rings. The van der Waals surface area contributed by atoms with Gasteiger partial charge in [0.2, 0.25) is 0 Å². The monoisotopic (exact) mass is 280 g/mol. The van der Waals surface area contributed by atoms with E-state index in [4.69, 9.17) is 11.0 Å². The maximum Gasteiger partial charge on any atom is 0.168 e. The van der Waals surface area contributed by atoms with Crippen molar-refractivity contribution in [3.05, 3.63) is 53.2 Å². The van der Waals surface area contributed by atoms with Crippen molar-refractivity contribution in [3.8, 4) is 6.07 Å². The van der Waals surface area contributed by atoms with Crippen LogP contribution in [0.5, 0.6) is 0 Å². The minimum absolute atomic E-state index is 0.281. The Bertz CT molecular complexity index is 638. The summed E-state index contributed by atoms with van der Waals surface area (Å²) < 4.78 is 36.6. The Hall–Kier alpha value is -2.62. The number of nitrogens with zero attached hydrogens (tertiary/aromatic N) is 3. The third-order valence-corrected chi connectivity index (χ3v) is 2.23. The molecule has 0 saturated carbocycles. The fourth-order valence-corrected chi connectivity index (χ4v) is 1.27. The number of hydrogen-bond acceptors (Lipinski definition) is 4. The Balaban J connectivity index is 0.000000204. The van der Waals surface area contributed by atoms with Crippen molar-refractivity contribution >= 4 is 5.82 Å². The van der Waals surface area contributed by atoms with Crippen LogP contribution in [0.15, 0.2) is 24.5 Å². The summed E-state index contributed by atoms with van der Waals surface area (Å²) in [6.07, 6.45) is 2.64. The van der Waals surface area contributed by atoms with Crippen molar-refractivity contribution in [1.29, 1.82) is 5.26 Å². The van der Waals surface area contributed by atoms with Crippen molar-refractivity contribution in [2.24, 2.45) is 0 Å². The first-order valence-electron chi connectivity index (χ1n) is 5.59. The molecule has 4 nitrogen and oxygen atoms in total. The predicted molar refractivity (Wildman–Crippen MR) is 66.9 cm³/mol. The van der Waals surface area contributed by atoms with Crippen LogP contribution in [0, 0.1) is 28.8 Å². The zero-order chi connectivity index (χ0) is 15.1.